The molecule has 1 aromatic carbocycles. The number of carbonyl (C=O) groups is 1. The van der Waals surface area contributed by atoms with Crippen molar-refractivity contribution in [2.75, 3.05) is 0 Å². The lowest BCUT2D eigenvalue weighted by atomic mass is 10.0. The normalized spacial score (nSPS) is 12.4. The van der Waals surface area contributed by atoms with Crippen molar-refractivity contribution in [1.82, 2.24) is 0 Å². The second-order valence-electron chi connectivity index (χ2n) is 3.52. The number of nitrogens with two attached hydrogens (primary N) is 1. The average molecular weight is 272 g/mol. The summed E-state index contributed by atoms with van der Waals surface area (Å²) in [5, 5.41) is 8.50. The summed E-state index contributed by atoms with van der Waals surface area (Å²) in [6, 6.07) is 7.82. The van der Waals surface area contributed by atoms with Crippen LogP contribution in [0.4, 0.5) is 0 Å². The van der Waals surface area contributed by atoms with Crippen LogP contribution in [0.15, 0.2) is 28.7 Å². The van der Waals surface area contributed by atoms with E-state index in [4.69, 9.17) is 10.8 Å². The van der Waals surface area contributed by atoms with Crippen LogP contribution in [-0.2, 0) is 11.2 Å². The molecule has 0 heterocycles. The van der Waals surface area contributed by atoms with Gasteiger partial charge in [0.1, 0.15) is 0 Å². The van der Waals surface area contributed by atoms with Gasteiger partial charge in [0, 0.05) is 16.9 Å². The Morgan fingerprint density at radius 2 is 2.00 bits per heavy atom. The van der Waals surface area contributed by atoms with Crippen molar-refractivity contribution in [2.45, 2.75) is 25.3 Å². The van der Waals surface area contributed by atoms with Crippen molar-refractivity contribution >= 4 is 21.9 Å². The SMILES string of the molecule is NC(CCC(=O)O)Cc1ccc(Br)cc1. The van der Waals surface area contributed by atoms with Crippen LogP contribution in [0.1, 0.15) is 18.4 Å². The summed E-state index contributed by atoms with van der Waals surface area (Å²) < 4.78 is 1.03. The van der Waals surface area contributed by atoms with E-state index < -0.39 is 5.97 Å². The molecule has 15 heavy (non-hydrogen) atoms. The van der Waals surface area contributed by atoms with Gasteiger partial charge in [-0.25, -0.2) is 0 Å². The molecule has 0 spiro atoms. The Bertz CT molecular complexity index is 324. The Morgan fingerprint density at radius 1 is 1.40 bits per heavy atom. The number of hydrogen-bond acceptors (Lipinski definition) is 2. The molecule has 0 aliphatic carbocycles. The number of carboxylic acid groups (broad SMARTS) is 1. The highest BCUT2D eigenvalue weighted by molar-refractivity contribution is 9.10. The van der Waals surface area contributed by atoms with Crippen LogP contribution in [0.25, 0.3) is 0 Å². The number of benzene rings is 1. The van der Waals surface area contributed by atoms with Crippen molar-refractivity contribution in [1.29, 1.82) is 0 Å². The van der Waals surface area contributed by atoms with Gasteiger partial charge in [0.05, 0.1) is 0 Å². The van der Waals surface area contributed by atoms with Crippen LogP contribution in [0.3, 0.4) is 0 Å². The fraction of sp³-hybridized carbons (Fsp3) is 0.364. The molecule has 1 atom stereocenters. The summed E-state index contributed by atoms with van der Waals surface area (Å²) in [7, 11) is 0. The Balaban J connectivity index is 2.40. The predicted octanol–water partition coefficient (Wildman–Crippen LogP) is 2.18. The van der Waals surface area contributed by atoms with Crippen LogP contribution in [-0.4, -0.2) is 17.1 Å². The van der Waals surface area contributed by atoms with Gasteiger partial charge in [0.2, 0.25) is 0 Å². The number of rotatable bonds is 5. The van der Waals surface area contributed by atoms with Crippen LogP contribution < -0.4 is 5.73 Å². The maximum absolute atomic E-state index is 10.3. The molecule has 0 aliphatic rings. The Morgan fingerprint density at radius 3 is 2.53 bits per heavy atom. The van der Waals surface area contributed by atoms with Gasteiger partial charge in [-0.2, -0.15) is 0 Å². The van der Waals surface area contributed by atoms with Crippen LogP contribution in [0.5, 0.6) is 0 Å². The molecule has 0 fully saturated rings. The van der Waals surface area contributed by atoms with Crippen LogP contribution in [0.2, 0.25) is 0 Å². The molecule has 82 valence electrons. The van der Waals surface area contributed by atoms with Gasteiger partial charge in [-0.3, -0.25) is 4.79 Å². The van der Waals surface area contributed by atoms with E-state index in [2.05, 4.69) is 15.9 Å². The number of aliphatic carboxylic acids is 1. The van der Waals surface area contributed by atoms with Crippen LogP contribution >= 0.6 is 15.9 Å². The third-order valence-electron chi connectivity index (χ3n) is 2.14. The highest BCUT2D eigenvalue weighted by Gasteiger charge is 2.06. The zero-order valence-corrected chi connectivity index (χ0v) is 9.90. The van der Waals surface area contributed by atoms with Gasteiger partial charge in [-0.1, -0.05) is 28.1 Å². The van der Waals surface area contributed by atoms with E-state index in [9.17, 15) is 4.79 Å². The van der Waals surface area contributed by atoms with E-state index in [1.54, 1.807) is 0 Å². The summed E-state index contributed by atoms with van der Waals surface area (Å²) >= 11 is 3.35. The zero-order chi connectivity index (χ0) is 11.3. The Kier molecular flexibility index (Phi) is 4.78. The highest BCUT2D eigenvalue weighted by atomic mass is 79.9. The maximum Gasteiger partial charge on any atom is 0.303 e. The molecule has 0 bridgehead atoms. The summed E-state index contributed by atoms with van der Waals surface area (Å²) in [6.45, 7) is 0. The van der Waals surface area contributed by atoms with Crippen molar-refractivity contribution in [3.05, 3.63) is 34.3 Å². The molecule has 1 aromatic rings. The molecule has 1 rings (SSSR count). The predicted molar refractivity (Wildman–Crippen MR) is 62.7 cm³/mol. The molecule has 1 unspecified atom stereocenters. The average Bonchev–Trinajstić information content (AvgIpc) is 2.19. The zero-order valence-electron chi connectivity index (χ0n) is 8.32. The molecular formula is C11H14BrNO2. The minimum Gasteiger partial charge on any atom is -0.481 e. The first kappa shape index (κ1) is 12.2. The summed E-state index contributed by atoms with van der Waals surface area (Å²) in [5.74, 6) is -0.791. The summed E-state index contributed by atoms with van der Waals surface area (Å²) in [5.41, 5.74) is 6.95. The topological polar surface area (TPSA) is 63.3 Å². The van der Waals surface area contributed by atoms with E-state index >= 15 is 0 Å². The Labute approximate surface area is 97.4 Å². The number of carboxylic acids is 1. The van der Waals surface area contributed by atoms with Crippen LogP contribution in [0, 0.1) is 0 Å². The smallest absolute Gasteiger partial charge is 0.303 e. The van der Waals surface area contributed by atoms with Gasteiger partial charge >= 0.3 is 5.97 Å². The van der Waals surface area contributed by atoms with Gasteiger partial charge in [0.25, 0.3) is 0 Å². The van der Waals surface area contributed by atoms with Gasteiger partial charge in [-0.05, 0) is 30.5 Å². The maximum atomic E-state index is 10.3. The molecule has 0 amide bonds. The number of hydrogen-bond donors (Lipinski definition) is 2. The second kappa shape index (κ2) is 5.88. The molecule has 3 N–H and O–H groups in total. The Hall–Kier alpha value is -0.870. The first-order valence-electron chi connectivity index (χ1n) is 4.80. The summed E-state index contributed by atoms with van der Waals surface area (Å²) in [4.78, 5) is 10.3. The van der Waals surface area contributed by atoms with E-state index in [1.165, 1.54) is 0 Å². The molecule has 0 saturated carbocycles. The minimum absolute atomic E-state index is 0.0812. The molecular weight excluding hydrogens is 258 g/mol. The van der Waals surface area contributed by atoms with Crippen molar-refractivity contribution in [3.8, 4) is 0 Å². The monoisotopic (exact) mass is 271 g/mol. The molecule has 0 aliphatic heterocycles. The standard InChI is InChI=1S/C11H14BrNO2/c12-9-3-1-8(2-4-9)7-10(13)5-6-11(14)15/h1-4,10H,5-7,13H2,(H,14,15). The molecule has 0 radical (unpaired) electrons. The minimum atomic E-state index is -0.791. The van der Waals surface area contributed by atoms with Crippen molar-refractivity contribution < 1.29 is 9.90 Å². The van der Waals surface area contributed by atoms with E-state index in [0.29, 0.717) is 6.42 Å². The van der Waals surface area contributed by atoms with E-state index in [-0.39, 0.29) is 12.5 Å². The first-order valence-corrected chi connectivity index (χ1v) is 5.59. The third kappa shape index (κ3) is 4.95. The number of halogens is 1. The van der Waals surface area contributed by atoms with Gasteiger partial charge < -0.3 is 10.8 Å². The van der Waals surface area contributed by atoms with E-state index in [1.807, 2.05) is 24.3 Å². The molecule has 3 nitrogen and oxygen atoms in total. The van der Waals surface area contributed by atoms with E-state index in [0.717, 1.165) is 16.5 Å². The fourth-order valence-electron chi connectivity index (χ4n) is 1.33. The quantitative estimate of drug-likeness (QED) is 0.863. The lowest BCUT2D eigenvalue weighted by Crippen LogP contribution is -2.23. The largest absolute Gasteiger partial charge is 0.481 e. The lowest BCUT2D eigenvalue weighted by Gasteiger charge is -2.09. The summed E-state index contributed by atoms with van der Waals surface area (Å²) in [6.07, 6.45) is 1.38. The lowest BCUT2D eigenvalue weighted by molar-refractivity contribution is -0.137. The molecule has 0 aromatic heterocycles. The fourth-order valence-corrected chi connectivity index (χ4v) is 1.60. The van der Waals surface area contributed by atoms with Gasteiger partial charge in [-0.15, -0.1) is 0 Å². The highest BCUT2D eigenvalue weighted by Crippen LogP contribution is 2.12. The molecule has 0 saturated heterocycles. The van der Waals surface area contributed by atoms with Gasteiger partial charge in [0.15, 0.2) is 0 Å². The van der Waals surface area contributed by atoms with Crippen molar-refractivity contribution in [3.63, 3.8) is 0 Å². The van der Waals surface area contributed by atoms with Crippen molar-refractivity contribution in [2.24, 2.45) is 5.73 Å². The first-order chi connectivity index (χ1) is 7.08. The molecule has 4 heteroatoms. The second-order valence-corrected chi connectivity index (χ2v) is 4.44. The third-order valence-corrected chi connectivity index (χ3v) is 2.67.